The molecule has 1 saturated heterocycles. The number of benzene rings is 2. The third-order valence-corrected chi connectivity index (χ3v) is 6.93. The van der Waals surface area contributed by atoms with Crippen LogP contribution in [-0.2, 0) is 14.8 Å². The Morgan fingerprint density at radius 2 is 1.81 bits per heavy atom. The number of rotatable bonds is 6. The van der Waals surface area contributed by atoms with Gasteiger partial charge in [-0.1, -0.05) is 0 Å². The summed E-state index contributed by atoms with van der Waals surface area (Å²) in [4.78, 5) is 15.0. The highest BCUT2D eigenvalue weighted by Crippen LogP contribution is 2.27. The van der Waals surface area contributed by atoms with Crippen molar-refractivity contribution in [2.45, 2.75) is 17.9 Å². The average Bonchev–Trinajstić information content (AvgIpc) is 2.75. The zero-order valence-electron chi connectivity index (χ0n) is 17.6. The molecule has 168 valence electrons. The van der Waals surface area contributed by atoms with Crippen LogP contribution in [-0.4, -0.2) is 59.0 Å². The predicted octanol–water partition coefficient (Wildman–Crippen LogP) is 2.54. The molecule has 0 bridgehead atoms. The van der Waals surface area contributed by atoms with Crippen molar-refractivity contribution in [1.82, 2.24) is 9.62 Å². The Hall–Kier alpha value is -2.56. The highest BCUT2D eigenvalue weighted by atomic mass is 32.2. The Balaban J connectivity index is 1.99. The molecule has 0 aliphatic carbocycles. The maximum Gasteiger partial charge on any atom is 0.253 e. The first-order valence-electron chi connectivity index (χ1n) is 9.76. The van der Waals surface area contributed by atoms with Gasteiger partial charge in [0.05, 0.1) is 29.7 Å². The lowest BCUT2D eigenvalue weighted by Crippen LogP contribution is -2.38. The maximum absolute atomic E-state index is 14.1. The molecule has 0 spiro atoms. The first-order valence-corrected chi connectivity index (χ1v) is 11.2. The second-order valence-corrected chi connectivity index (χ2v) is 9.58. The molecule has 1 aliphatic heterocycles. The van der Waals surface area contributed by atoms with Crippen LogP contribution in [0.15, 0.2) is 41.3 Å². The van der Waals surface area contributed by atoms with E-state index in [1.54, 1.807) is 6.07 Å². The summed E-state index contributed by atoms with van der Waals surface area (Å²) in [5, 5.41) is 2.66. The number of sulfonamides is 1. The summed E-state index contributed by atoms with van der Waals surface area (Å²) in [5.74, 6) is -1.86. The van der Waals surface area contributed by atoms with Gasteiger partial charge in [0.25, 0.3) is 5.91 Å². The summed E-state index contributed by atoms with van der Waals surface area (Å²) in [7, 11) is -0.968. The van der Waals surface area contributed by atoms with E-state index in [4.69, 9.17) is 4.74 Å². The highest BCUT2D eigenvalue weighted by Gasteiger charge is 2.25. The van der Waals surface area contributed by atoms with Crippen molar-refractivity contribution in [1.29, 1.82) is 0 Å². The molecule has 2 aromatic rings. The molecule has 1 atom stereocenters. The highest BCUT2D eigenvalue weighted by molar-refractivity contribution is 7.89. The van der Waals surface area contributed by atoms with Gasteiger partial charge >= 0.3 is 0 Å². The number of nitrogens with one attached hydrogen (secondary N) is 1. The molecular weight excluding hydrogens is 428 g/mol. The Bertz CT molecular complexity index is 1070. The molecule has 31 heavy (non-hydrogen) atoms. The van der Waals surface area contributed by atoms with Crippen molar-refractivity contribution >= 4 is 21.6 Å². The summed E-state index contributed by atoms with van der Waals surface area (Å²) >= 11 is 0. The molecule has 0 saturated carbocycles. The third kappa shape index (κ3) is 5.03. The number of morpholine rings is 1. The minimum Gasteiger partial charge on any atom is -0.378 e. The number of anilines is 1. The summed E-state index contributed by atoms with van der Waals surface area (Å²) < 4.78 is 59.3. The number of ether oxygens (including phenoxy) is 1. The molecule has 1 unspecified atom stereocenters. The number of carbonyl (C=O) groups excluding carboxylic acids is 1. The maximum atomic E-state index is 14.1. The number of carbonyl (C=O) groups is 1. The van der Waals surface area contributed by atoms with Gasteiger partial charge in [-0.15, -0.1) is 0 Å². The zero-order chi connectivity index (χ0) is 22.8. The number of nitrogens with zero attached hydrogens (tertiary/aromatic N) is 2. The smallest absolute Gasteiger partial charge is 0.253 e. The Labute approximate surface area is 180 Å². The van der Waals surface area contributed by atoms with Crippen molar-refractivity contribution in [3.63, 3.8) is 0 Å². The van der Waals surface area contributed by atoms with Gasteiger partial charge in [0.15, 0.2) is 0 Å². The molecule has 7 nitrogen and oxygen atoms in total. The van der Waals surface area contributed by atoms with E-state index in [-0.39, 0.29) is 16.0 Å². The van der Waals surface area contributed by atoms with Crippen LogP contribution in [0.25, 0.3) is 0 Å². The molecule has 1 amide bonds. The van der Waals surface area contributed by atoms with Crippen LogP contribution < -0.4 is 10.2 Å². The number of halogens is 2. The van der Waals surface area contributed by atoms with Gasteiger partial charge in [-0.3, -0.25) is 4.79 Å². The third-order valence-electron chi connectivity index (χ3n) is 5.12. The molecule has 1 heterocycles. The second-order valence-electron chi connectivity index (χ2n) is 7.43. The van der Waals surface area contributed by atoms with Gasteiger partial charge in [0, 0.05) is 38.4 Å². The summed E-state index contributed by atoms with van der Waals surface area (Å²) in [6.45, 7) is 3.56. The fourth-order valence-corrected chi connectivity index (χ4v) is 4.28. The minimum atomic E-state index is -3.77. The van der Waals surface area contributed by atoms with E-state index >= 15 is 0 Å². The lowest BCUT2D eigenvalue weighted by molar-refractivity contribution is 0.0937. The summed E-state index contributed by atoms with van der Waals surface area (Å²) in [5.41, 5.74) is 0.678. The topological polar surface area (TPSA) is 79.0 Å². The van der Waals surface area contributed by atoms with Crippen molar-refractivity contribution in [3.8, 4) is 0 Å². The molecule has 0 radical (unpaired) electrons. The van der Waals surface area contributed by atoms with Crippen LogP contribution in [0, 0.1) is 11.6 Å². The van der Waals surface area contributed by atoms with Crippen molar-refractivity contribution in [2.75, 3.05) is 45.3 Å². The molecule has 10 heteroatoms. The van der Waals surface area contributed by atoms with Crippen molar-refractivity contribution in [2.24, 2.45) is 0 Å². The van der Waals surface area contributed by atoms with E-state index < -0.39 is 33.6 Å². The molecule has 1 fully saturated rings. The molecule has 0 aromatic heterocycles. The monoisotopic (exact) mass is 453 g/mol. The summed E-state index contributed by atoms with van der Waals surface area (Å²) in [6.07, 6.45) is 0. The lowest BCUT2D eigenvalue weighted by Gasteiger charge is -2.31. The standard InChI is InChI=1S/C21H25F2N3O4S/c1-14(17-12-15(22)4-6-19(17)23)24-21(27)18-13-16(31(28,29)25(2)3)5-7-20(18)26-8-10-30-11-9-26/h4-7,12-14H,8-11H2,1-3H3,(H,24,27). The summed E-state index contributed by atoms with van der Waals surface area (Å²) in [6, 6.07) is 6.53. The normalized spacial score (nSPS) is 15.7. The van der Waals surface area contributed by atoms with E-state index in [2.05, 4.69) is 5.32 Å². The van der Waals surface area contributed by atoms with Crippen LogP contribution in [0.3, 0.4) is 0 Å². The van der Waals surface area contributed by atoms with E-state index in [0.29, 0.717) is 32.0 Å². The van der Waals surface area contributed by atoms with Gasteiger partial charge in [0.1, 0.15) is 11.6 Å². The van der Waals surface area contributed by atoms with Gasteiger partial charge in [-0.05, 0) is 43.3 Å². The van der Waals surface area contributed by atoms with Gasteiger partial charge in [0.2, 0.25) is 10.0 Å². The fraction of sp³-hybridized carbons (Fsp3) is 0.381. The van der Waals surface area contributed by atoms with Crippen LogP contribution in [0.4, 0.5) is 14.5 Å². The average molecular weight is 454 g/mol. The van der Waals surface area contributed by atoms with E-state index in [1.807, 2.05) is 4.90 Å². The van der Waals surface area contributed by atoms with Gasteiger partial charge in [-0.2, -0.15) is 0 Å². The fourth-order valence-electron chi connectivity index (χ4n) is 3.35. The quantitative estimate of drug-likeness (QED) is 0.727. The largest absolute Gasteiger partial charge is 0.378 e. The molecule has 2 aromatic carbocycles. The Morgan fingerprint density at radius 3 is 2.45 bits per heavy atom. The van der Waals surface area contributed by atoms with Gasteiger partial charge in [-0.25, -0.2) is 21.5 Å². The Kier molecular flexibility index (Phi) is 6.93. The minimum absolute atomic E-state index is 0.00154. The zero-order valence-corrected chi connectivity index (χ0v) is 18.4. The molecular formula is C21H25F2N3O4S. The predicted molar refractivity (Wildman–Crippen MR) is 113 cm³/mol. The lowest BCUT2D eigenvalue weighted by atomic mass is 10.1. The number of amides is 1. The number of hydrogen-bond acceptors (Lipinski definition) is 5. The van der Waals surface area contributed by atoms with Crippen molar-refractivity contribution in [3.05, 3.63) is 59.2 Å². The van der Waals surface area contributed by atoms with E-state index in [9.17, 15) is 22.0 Å². The SMILES string of the molecule is CC(NC(=O)c1cc(S(=O)(=O)N(C)C)ccc1N1CCOCC1)c1cc(F)ccc1F. The van der Waals surface area contributed by atoms with Crippen LogP contribution in [0.5, 0.6) is 0 Å². The molecule has 1 aliphatic rings. The molecule has 1 N–H and O–H groups in total. The second kappa shape index (κ2) is 9.29. The van der Waals surface area contributed by atoms with Crippen LogP contribution in [0.2, 0.25) is 0 Å². The first kappa shape index (κ1) is 23.1. The Morgan fingerprint density at radius 1 is 1.13 bits per heavy atom. The van der Waals surface area contributed by atoms with E-state index in [0.717, 1.165) is 22.5 Å². The van der Waals surface area contributed by atoms with Crippen LogP contribution >= 0.6 is 0 Å². The number of hydrogen-bond donors (Lipinski definition) is 1. The molecule has 3 rings (SSSR count). The first-order chi connectivity index (χ1) is 14.6. The van der Waals surface area contributed by atoms with E-state index in [1.165, 1.54) is 33.2 Å². The van der Waals surface area contributed by atoms with Crippen molar-refractivity contribution < 1.29 is 26.7 Å². The van der Waals surface area contributed by atoms with Crippen LogP contribution in [0.1, 0.15) is 28.9 Å². The van der Waals surface area contributed by atoms with Gasteiger partial charge < -0.3 is 15.0 Å².